The van der Waals surface area contributed by atoms with Crippen molar-refractivity contribution in [1.82, 2.24) is 9.78 Å². The number of aromatic carboxylic acids is 1. The predicted octanol–water partition coefficient (Wildman–Crippen LogP) is 3.11. The van der Waals surface area contributed by atoms with E-state index in [1.807, 2.05) is 24.3 Å². The summed E-state index contributed by atoms with van der Waals surface area (Å²) in [5, 5.41) is 13.0. The van der Waals surface area contributed by atoms with E-state index < -0.39 is 5.97 Å². The third-order valence-electron chi connectivity index (χ3n) is 3.83. The molecule has 0 radical (unpaired) electrons. The third kappa shape index (κ3) is 2.91. The Hall–Kier alpha value is -2.30. The van der Waals surface area contributed by atoms with E-state index in [0.717, 1.165) is 29.8 Å². The lowest BCUT2D eigenvalue weighted by atomic mass is 10.1. The Balaban J connectivity index is 1.86. The number of hydrogen-bond acceptors (Lipinski definition) is 3. The molecule has 0 spiro atoms. The molecular weight excluding hydrogens is 268 g/mol. The van der Waals surface area contributed by atoms with Crippen molar-refractivity contribution in [2.24, 2.45) is 7.05 Å². The molecule has 5 heteroatoms. The average Bonchev–Trinajstić information content (AvgIpc) is 3.08. The van der Waals surface area contributed by atoms with E-state index in [2.05, 4.69) is 5.10 Å². The number of aromatic nitrogens is 2. The Kier molecular flexibility index (Phi) is 3.64. The van der Waals surface area contributed by atoms with Crippen LogP contribution in [0.1, 0.15) is 36.2 Å². The van der Waals surface area contributed by atoms with Crippen molar-refractivity contribution in [3.63, 3.8) is 0 Å². The van der Waals surface area contributed by atoms with Crippen molar-refractivity contribution in [1.29, 1.82) is 0 Å². The van der Waals surface area contributed by atoms with Crippen molar-refractivity contribution < 1.29 is 14.6 Å². The molecule has 110 valence electrons. The van der Waals surface area contributed by atoms with Crippen LogP contribution in [0.15, 0.2) is 30.3 Å². The summed E-state index contributed by atoms with van der Waals surface area (Å²) >= 11 is 0. The smallest absolute Gasteiger partial charge is 0.356 e. The summed E-state index contributed by atoms with van der Waals surface area (Å²) in [4.78, 5) is 11.0. The zero-order chi connectivity index (χ0) is 14.8. The first-order valence-corrected chi connectivity index (χ1v) is 7.18. The van der Waals surface area contributed by atoms with Gasteiger partial charge in [0.2, 0.25) is 0 Å². The van der Waals surface area contributed by atoms with Gasteiger partial charge in [0.25, 0.3) is 0 Å². The lowest BCUT2D eigenvalue weighted by molar-refractivity contribution is 0.0689. The van der Waals surface area contributed by atoms with Crippen LogP contribution in [0.25, 0.3) is 11.3 Å². The first-order chi connectivity index (χ1) is 10.1. The maximum Gasteiger partial charge on any atom is 0.356 e. The summed E-state index contributed by atoms with van der Waals surface area (Å²) in [5.74, 6) is -0.187. The normalized spacial score (nSPS) is 15.3. The van der Waals surface area contributed by atoms with Crippen molar-refractivity contribution >= 4 is 5.97 Å². The van der Waals surface area contributed by atoms with Crippen molar-refractivity contribution in [3.8, 4) is 17.0 Å². The second-order valence-corrected chi connectivity index (χ2v) is 5.40. The quantitative estimate of drug-likeness (QED) is 0.938. The van der Waals surface area contributed by atoms with E-state index in [0.29, 0.717) is 6.10 Å². The first kappa shape index (κ1) is 13.7. The maximum atomic E-state index is 11.0. The van der Waals surface area contributed by atoms with Crippen LogP contribution >= 0.6 is 0 Å². The zero-order valence-corrected chi connectivity index (χ0v) is 12.0. The SMILES string of the molecule is Cn1nc(C(=O)O)cc1-c1cccc(OC2CCCC2)c1. The van der Waals surface area contributed by atoms with Crippen LogP contribution in [0.5, 0.6) is 5.75 Å². The summed E-state index contributed by atoms with van der Waals surface area (Å²) in [7, 11) is 1.74. The fourth-order valence-electron chi connectivity index (χ4n) is 2.77. The standard InChI is InChI=1S/C16H18N2O3/c1-18-15(10-14(17-18)16(19)20)11-5-4-8-13(9-11)21-12-6-2-3-7-12/h4-5,8-10,12H,2-3,6-7H2,1H3,(H,19,20). The monoisotopic (exact) mass is 286 g/mol. The molecule has 1 aromatic heterocycles. The van der Waals surface area contributed by atoms with Gasteiger partial charge in [-0.05, 0) is 43.9 Å². The Morgan fingerprint density at radius 1 is 1.33 bits per heavy atom. The van der Waals surface area contributed by atoms with Crippen LogP contribution in [-0.2, 0) is 7.05 Å². The highest BCUT2D eigenvalue weighted by atomic mass is 16.5. The summed E-state index contributed by atoms with van der Waals surface area (Å²) < 4.78 is 7.57. The first-order valence-electron chi connectivity index (χ1n) is 7.18. The van der Waals surface area contributed by atoms with Gasteiger partial charge in [0.1, 0.15) is 5.75 Å². The lowest BCUT2D eigenvalue weighted by Gasteiger charge is -2.13. The fourth-order valence-corrected chi connectivity index (χ4v) is 2.77. The second-order valence-electron chi connectivity index (χ2n) is 5.40. The van der Waals surface area contributed by atoms with E-state index >= 15 is 0 Å². The molecule has 1 aromatic carbocycles. The minimum atomic E-state index is -1.02. The molecular formula is C16H18N2O3. The van der Waals surface area contributed by atoms with Crippen LogP contribution in [0.4, 0.5) is 0 Å². The molecule has 1 aliphatic rings. The summed E-state index contributed by atoms with van der Waals surface area (Å²) in [6, 6.07) is 9.32. The highest BCUT2D eigenvalue weighted by Gasteiger charge is 2.17. The molecule has 0 amide bonds. The largest absolute Gasteiger partial charge is 0.490 e. The Morgan fingerprint density at radius 3 is 2.76 bits per heavy atom. The van der Waals surface area contributed by atoms with E-state index in [9.17, 15) is 4.79 Å². The number of carboxylic acid groups (broad SMARTS) is 1. The number of ether oxygens (including phenoxy) is 1. The van der Waals surface area contributed by atoms with E-state index in [1.54, 1.807) is 17.8 Å². The fraction of sp³-hybridized carbons (Fsp3) is 0.375. The molecule has 0 bridgehead atoms. The molecule has 0 unspecified atom stereocenters. The molecule has 0 saturated heterocycles. The number of carbonyl (C=O) groups is 1. The number of rotatable bonds is 4. The number of nitrogens with zero attached hydrogens (tertiary/aromatic N) is 2. The minimum absolute atomic E-state index is 0.0506. The van der Waals surface area contributed by atoms with Gasteiger partial charge in [-0.15, -0.1) is 0 Å². The molecule has 21 heavy (non-hydrogen) atoms. The highest BCUT2D eigenvalue weighted by Crippen LogP contribution is 2.28. The zero-order valence-electron chi connectivity index (χ0n) is 12.0. The average molecular weight is 286 g/mol. The number of benzene rings is 1. The Morgan fingerprint density at radius 2 is 2.10 bits per heavy atom. The highest BCUT2D eigenvalue weighted by molar-refractivity contribution is 5.87. The molecule has 1 saturated carbocycles. The predicted molar refractivity (Wildman–Crippen MR) is 78.5 cm³/mol. The van der Waals surface area contributed by atoms with E-state index in [4.69, 9.17) is 9.84 Å². The van der Waals surface area contributed by atoms with Crippen LogP contribution in [0.3, 0.4) is 0 Å². The molecule has 1 N–H and O–H groups in total. The third-order valence-corrected chi connectivity index (χ3v) is 3.83. The van der Waals surface area contributed by atoms with Gasteiger partial charge in [0.15, 0.2) is 5.69 Å². The Labute approximate surface area is 123 Å². The van der Waals surface area contributed by atoms with Gasteiger partial charge >= 0.3 is 5.97 Å². The van der Waals surface area contributed by atoms with E-state index in [-0.39, 0.29) is 5.69 Å². The minimum Gasteiger partial charge on any atom is -0.490 e. The molecule has 2 aromatic rings. The second kappa shape index (κ2) is 5.60. The van der Waals surface area contributed by atoms with Crippen LogP contribution in [0.2, 0.25) is 0 Å². The number of hydrogen-bond donors (Lipinski definition) is 1. The summed E-state index contributed by atoms with van der Waals surface area (Å²) in [6.07, 6.45) is 4.99. The summed E-state index contributed by atoms with van der Waals surface area (Å²) in [5.41, 5.74) is 1.73. The number of aryl methyl sites for hydroxylation is 1. The topological polar surface area (TPSA) is 64.4 Å². The maximum absolute atomic E-state index is 11.0. The molecule has 0 aliphatic heterocycles. The lowest BCUT2D eigenvalue weighted by Crippen LogP contribution is -2.10. The molecule has 1 heterocycles. The van der Waals surface area contributed by atoms with Crippen molar-refractivity contribution in [3.05, 3.63) is 36.0 Å². The van der Waals surface area contributed by atoms with Crippen molar-refractivity contribution in [2.75, 3.05) is 0 Å². The van der Waals surface area contributed by atoms with Gasteiger partial charge in [0, 0.05) is 12.6 Å². The molecule has 1 aliphatic carbocycles. The van der Waals surface area contributed by atoms with Gasteiger partial charge in [0.05, 0.1) is 11.8 Å². The number of carboxylic acids is 1. The molecule has 1 fully saturated rings. The van der Waals surface area contributed by atoms with Gasteiger partial charge in [-0.3, -0.25) is 4.68 Å². The van der Waals surface area contributed by atoms with Gasteiger partial charge in [-0.25, -0.2) is 4.79 Å². The molecule has 0 atom stereocenters. The Bertz CT molecular complexity index is 657. The van der Waals surface area contributed by atoms with Crippen LogP contribution in [0, 0.1) is 0 Å². The van der Waals surface area contributed by atoms with Gasteiger partial charge in [-0.1, -0.05) is 12.1 Å². The molecule has 5 nitrogen and oxygen atoms in total. The van der Waals surface area contributed by atoms with Gasteiger partial charge in [-0.2, -0.15) is 5.10 Å². The molecule has 3 rings (SSSR count). The van der Waals surface area contributed by atoms with E-state index in [1.165, 1.54) is 12.8 Å². The van der Waals surface area contributed by atoms with Crippen molar-refractivity contribution in [2.45, 2.75) is 31.8 Å². The van der Waals surface area contributed by atoms with Crippen LogP contribution < -0.4 is 4.74 Å². The van der Waals surface area contributed by atoms with Crippen LogP contribution in [-0.4, -0.2) is 27.0 Å². The summed E-state index contributed by atoms with van der Waals surface area (Å²) in [6.45, 7) is 0. The van der Waals surface area contributed by atoms with Gasteiger partial charge < -0.3 is 9.84 Å².